The quantitative estimate of drug-likeness (QED) is 0.686. The molecule has 0 unspecified atom stereocenters. The van der Waals surface area contributed by atoms with Crippen molar-refractivity contribution in [2.75, 3.05) is 31.5 Å². The number of nitrogens with zero attached hydrogens (tertiary/aromatic N) is 1. The number of aromatic nitrogens is 2. The standard InChI is InChI=1S/C10H18N4O2.ClH/c1-3-14(4-2)6-5-11-8-7-9(15)13-10(16)12-8;/h7H,3-6H2,1-2H3,(H3,11,12,13,15,16);1H. The van der Waals surface area contributed by atoms with Gasteiger partial charge in [0.1, 0.15) is 5.82 Å². The molecule has 6 nitrogen and oxygen atoms in total. The van der Waals surface area contributed by atoms with E-state index in [2.05, 4.69) is 34.0 Å². The fourth-order valence-corrected chi connectivity index (χ4v) is 1.45. The van der Waals surface area contributed by atoms with Gasteiger partial charge in [-0.2, -0.15) is 0 Å². The molecule has 17 heavy (non-hydrogen) atoms. The molecular weight excluding hydrogens is 244 g/mol. The summed E-state index contributed by atoms with van der Waals surface area (Å²) >= 11 is 0. The molecule has 1 aromatic heterocycles. The Kier molecular flexibility index (Phi) is 7.32. The van der Waals surface area contributed by atoms with Gasteiger partial charge in [-0.25, -0.2) is 4.79 Å². The van der Waals surface area contributed by atoms with Crippen molar-refractivity contribution in [2.45, 2.75) is 13.8 Å². The number of rotatable bonds is 6. The van der Waals surface area contributed by atoms with Crippen LogP contribution in [0.5, 0.6) is 0 Å². The van der Waals surface area contributed by atoms with Gasteiger partial charge in [-0.05, 0) is 13.1 Å². The summed E-state index contributed by atoms with van der Waals surface area (Å²) in [4.78, 5) is 28.8. The zero-order chi connectivity index (χ0) is 12.0. The maximum absolute atomic E-state index is 11.0. The first kappa shape index (κ1) is 15.7. The molecule has 0 aliphatic heterocycles. The number of anilines is 1. The third kappa shape index (κ3) is 5.55. The predicted molar refractivity (Wildman–Crippen MR) is 71.2 cm³/mol. The van der Waals surface area contributed by atoms with Gasteiger partial charge in [0, 0.05) is 19.2 Å². The smallest absolute Gasteiger partial charge is 0.327 e. The molecular formula is C10H19ClN4O2. The Labute approximate surface area is 106 Å². The van der Waals surface area contributed by atoms with Crippen molar-refractivity contribution in [3.05, 3.63) is 26.9 Å². The van der Waals surface area contributed by atoms with E-state index in [1.165, 1.54) is 6.07 Å². The van der Waals surface area contributed by atoms with Crippen molar-refractivity contribution in [3.8, 4) is 0 Å². The number of hydrogen-bond acceptors (Lipinski definition) is 4. The second-order valence-electron chi connectivity index (χ2n) is 3.46. The van der Waals surface area contributed by atoms with E-state index in [0.717, 1.165) is 19.6 Å². The van der Waals surface area contributed by atoms with E-state index in [4.69, 9.17) is 0 Å². The van der Waals surface area contributed by atoms with Crippen LogP contribution in [0, 0.1) is 0 Å². The summed E-state index contributed by atoms with van der Waals surface area (Å²) in [5.74, 6) is 0.459. The maximum Gasteiger partial charge on any atom is 0.327 e. The van der Waals surface area contributed by atoms with Crippen LogP contribution in [0.25, 0.3) is 0 Å². The SMILES string of the molecule is CCN(CC)CCNc1cc(=O)[nH]c(=O)[nH]1.Cl. The van der Waals surface area contributed by atoms with Crippen molar-refractivity contribution < 1.29 is 0 Å². The third-order valence-electron chi connectivity index (χ3n) is 2.40. The second-order valence-corrected chi connectivity index (χ2v) is 3.46. The average molecular weight is 263 g/mol. The van der Waals surface area contributed by atoms with Crippen LogP contribution < -0.4 is 16.6 Å². The van der Waals surface area contributed by atoms with Crippen LogP contribution in [0.4, 0.5) is 5.82 Å². The summed E-state index contributed by atoms with van der Waals surface area (Å²) in [7, 11) is 0. The Balaban J connectivity index is 0.00000256. The van der Waals surface area contributed by atoms with Gasteiger partial charge in [0.05, 0.1) is 0 Å². The number of halogens is 1. The zero-order valence-electron chi connectivity index (χ0n) is 10.1. The molecule has 0 amide bonds. The lowest BCUT2D eigenvalue weighted by Crippen LogP contribution is -2.30. The summed E-state index contributed by atoms with van der Waals surface area (Å²) in [6.45, 7) is 7.74. The third-order valence-corrected chi connectivity index (χ3v) is 2.40. The topological polar surface area (TPSA) is 81.0 Å². The predicted octanol–water partition coefficient (Wildman–Crippen LogP) is 0.239. The van der Waals surface area contributed by atoms with Crippen molar-refractivity contribution in [2.24, 2.45) is 0 Å². The number of H-pyrrole nitrogens is 2. The molecule has 1 aromatic rings. The highest BCUT2D eigenvalue weighted by molar-refractivity contribution is 5.85. The minimum Gasteiger partial charge on any atom is -0.370 e. The molecule has 0 aliphatic carbocycles. The molecule has 0 bridgehead atoms. The number of hydrogen-bond donors (Lipinski definition) is 3. The Bertz CT molecular complexity index is 397. The van der Waals surface area contributed by atoms with E-state index < -0.39 is 11.2 Å². The zero-order valence-corrected chi connectivity index (χ0v) is 10.9. The van der Waals surface area contributed by atoms with Gasteiger partial charge < -0.3 is 10.2 Å². The first-order valence-electron chi connectivity index (χ1n) is 5.45. The van der Waals surface area contributed by atoms with Crippen molar-refractivity contribution in [3.63, 3.8) is 0 Å². The Morgan fingerprint density at radius 2 is 1.88 bits per heavy atom. The first-order valence-corrected chi connectivity index (χ1v) is 5.45. The van der Waals surface area contributed by atoms with Crippen molar-refractivity contribution in [1.82, 2.24) is 14.9 Å². The minimum atomic E-state index is -0.488. The van der Waals surface area contributed by atoms with Gasteiger partial charge in [-0.1, -0.05) is 13.8 Å². The number of likely N-dealkylation sites (N-methyl/N-ethyl adjacent to an activating group) is 1. The molecule has 3 N–H and O–H groups in total. The van der Waals surface area contributed by atoms with Gasteiger partial charge in [-0.3, -0.25) is 14.8 Å². The largest absolute Gasteiger partial charge is 0.370 e. The van der Waals surface area contributed by atoms with Gasteiger partial charge in [0.25, 0.3) is 5.56 Å². The normalized spacial score (nSPS) is 10.1. The molecule has 0 saturated heterocycles. The molecule has 0 radical (unpaired) electrons. The van der Waals surface area contributed by atoms with Gasteiger partial charge in [-0.15, -0.1) is 12.4 Å². The minimum absolute atomic E-state index is 0. The Morgan fingerprint density at radius 3 is 2.41 bits per heavy atom. The van der Waals surface area contributed by atoms with Crippen LogP contribution >= 0.6 is 12.4 Å². The lowest BCUT2D eigenvalue weighted by Gasteiger charge is -2.18. The molecule has 1 rings (SSSR count). The van der Waals surface area contributed by atoms with E-state index in [1.807, 2.05) is 0 Å². The molecule has 98 valence electrons. The number of nitrogens with one attached hydrogen (secondary N) is 3. The van der Waals surface area contributed by atoms with E-state index in [-0.39, 0.29) is 12.4 Å². The molecule has 0 aliphatic rings. The van der Waals surface area contributed by atoms with Crippen LogP contribution in [0.15, 0.2) is 15.7 Å². The van der Waals surface area contributed by atoms with E-state index in [1.54, 1.807) is 0 Å². The monoisotopic (exact) mass is 262 g/mol. The van der Waals surface area contributed by atoms with Gasteiger partial charge in [0.15, 0.2) is 0 Å². The van der Waals surface area contributed by atoms with Gasteiger partial charge in [0.2, 0.25) is 0 Å². The lowest BCUT2D eigenvalue weighted by atomic mass is 10.4. The van der Waals surface area contributed by atoms with E-state index in [9.17, 15) is 9.59 Å². The molecule has 0 spiro atoms. The summed E-state index contributed by atoms with van der Waals surface area (Å²) in [5.41, 5.74) is -0.882. The highest BCUT2D eigenvalue weighted by Gasteiger charge is 1.99. The van der Waals surface area contributed by atoms with Crippen LogP contribution in [-0.4, -0.2) is 41.0 Å². The van der Waals surface area contributed by atoms with Crippen molar-refractivity contribution >= 4 is 18.2 Å². The second kappa shape index (κ2) is 7.92. The molecule has 1 heterocycles. The number of aromatic amines is 2. The van der Waals surface area contributed by atoms with Crippen LogP contribution in [-0.2, 0) is 0 Å². The molecule has 0 atom stereocenters. The van der Waals surface area contributed by atoms with Crippen LogP contribution in [0.1, 0.15) is 13.8 Å². The van der Waals surface area contributed by atoms with Crippen LogP contribution in [0.3, 0.4) is 0 Å². The highest BCUT2D eigenvalue weighted by atomic mass is 35.5. The molecule has 0 aromatic carbocycles. The van der Waals surface area contributed by atoms with Gasteiger partial charge >= 0.3 is 5.69 Å². The molecule has 0 fully saturated rings. The van der Waals surface area contributed by atoms with E-state index >= 15 is 0 Å². The Morgan fingerprint density at radius 1 is 1.24 bits per heavy atom. The van der Waals surface area contributed by atoms with Crippen molar-refractivity contribution in [1.29, 1.82) is 0 Å². The fraction of sp³-hybridized carbons (Fsp3) is 0.600. The maximum atomic E-state index is 11.0. The summed E-state index contributed by atoms with van der Waals surface area (Å²) in [6.07, 6.45) is 0. The Hall–Kier alpha value is -1.27. The first-order chi connectivity index (χ1) is 7.65. The molecule has 0 saturated carbocycles. The summed E-state index contributed by atoms with van der Waals surface area (Å²) < 4.78 is 0. The fourth-order valence-electron chi connectivity index (χ4n) is 1.45. The molecule has 7 heteroatoms. The van der Waals surface area contributed by atoms with Crippen LogP contribution in [0.2, 0.25) is 0 Å². The summed E-state index contributed by atoms with van der Waals surface area (Å²) in [5, 5.41) is 3.01. The average Bonchev–Trinajstić information content (AvgIpc) is 2.23. The summed E-state index contributed by atoms with van der Waals surface area (Å²) in [6, 6.07) is 1.34. The van der Waals surface area contributed by atoms with E-state index in [0.29, 0.717) is 12.4 Å². The lowest BCUT2D eigenvalue weighted by molar-refractivity contribution is 0.316. The highest BCUT2D eigenvalue weighted by Crippen LogP contribution is 1.93.